The number of rotatable bonds is 5. The fourth-order valence-corrected chi connectivity index (χ4v) is 4.20. The van der Waals surface area contributed by atoms with Crippen LogP contribution in [0.4, 0.5) is 11.5 Å². The fraction of sp³-hybridized carbons (Fsp3) is 0.192. The molecule has 0 amide bonds. The molecule has 6 heteroatoms. The van der Waals surface area contributed by atoms with Crippen molar-refractivity contribution in [3.8, 4) is 0 Å². The van der Waals surface area contributed by atoms with E-state index in [0.29, 0.717) is 10.8 Å². The van der Waals surface area contributed by atoms with Gasteiger partial charge in [0.15, 0.2) is 5.82 Å². The van der Waals surface area contributed by atoms with Crippen molar-refractivity contribution in [2.24, 2.45) is 4.99 Å². The number of allylic oxidation sites excluding steroid dienone is 4. The van der Waals surface area contributed by atoms with E-state index in [-0.39, 0.29) is 5.92 Å². The van der Waals surface area contributed by atoms with Crippen LogP contribution in [0.3, 0.4) is 0 Å². The lowest BCUT2D eigenvalue weighted by Gasteiger charge is -2.18. The zero-order chi connectivity index (χ0) is 21.9. The molecule has 0 bridgehead atoms. The first kappa shape index (κ1) is 20.5. The van der Waals surface area contributed by atoms with Crippen LogP contribution in [0.15, 0.2) is 77.6 Å². The van der Waals surface area contributed by atoms with Gasteiger partial charge in [0.2, 0.25) is 0 Å². The zero-order valence-corrected chi connectivity index (χ0v) is 18.5. The lowest BCUT2D eigenvalue weighted by Crippen LogP contribution is -2.05. The molecule has 0 saturated heterocycles. The van der Waals surface area contributed by atoms with E-state index in [9.17, 15) is 0 Å². The Kier molecular flexibility index (Phi) is 5.73. The molecule has 2 aliphatic rings. The van der Waals surface area contributed by atoms with E-state index in [0.717, 1.165) is 53.0 Å². The molecule has 0 radical (unpaired) electrons. The number of ether oxygens (including phenoxy) is 1. The van der Waals surface area contributed by atoms with E-state index in [1.807, 2.05) is 42.8 Å². The number of anilines is 2. The van der Waals surface area contributed by atoms with E-state index >= 15 is 0 Å². The number of benzene rings is 2. The van der Waals surface area contributed by atoms with Crippen molar-refractivity contribution in [2.45, 2.75) is 25.2 Å². The molecule has 160 valence electrons. The maximum absolute atomic E-state index is 6.21. The van der Waals surface area contributed by atoms with Crippen molar-refractivity contribution in [3.05, 3.63) is 89.1 Å². The third-order valence-electron chi connectivity index (χ3n) is 5.67. The molecule has 0 spiro atoms. The van der Waals surface area contributed by atoms with Crippen molar-refractivity contribution in [2.75, 3.05) is 12.4 Å². The van der Waals surface area contributed by atoms with Crippen LogP contribution in [0.1, 0.15) is 36.6 Å². The van der Waals surface area contributed by atoms with Crippen molar-refractivity contribution in [1.29, 1.82) is 0 Å². The Morgan fingerprint density at radius 3 is 2.88 bits per heavy atom. The standard InChI is InChI=1S/C26H23ClN4O/c1-32-22-9-2-5-17(13-22)18-10-11-24-23(14-18)26(29-21-8-3-7-20(27)15-21)31-25(30-24)19-6-4-12-28-16-19/h2-3,7-17H,4-6H2,1H3,(H,29,30,31). The van der Waals surface area contributed by atoms with Gasteiger partial charge in [-0.25, -0.2) is 9.97 Å². The predicted molar refractivity (Wildman–Crippen MR) is 132 cm³/mol. The van der Waals surface area contributed by atoms with Gasteiger partial charge in [0.25, 0.3) is 0 Å². The molecule has 1 aliphatic carbocycles. The molecule has 0 saturated carbocycles. The number of methoxy groups -OCH3 is 1. The highest BCUT2D eigenvalue weighted by molar-refractivity contribution is 6.30. The number of hydrogen-bond acceptors (Lipinski definition) is 5. The number of aliphatic imine (C=N–C) groups is 1. The van der Waals surface area contributed by atoms with Gasteiger partial charge < -0.3 is 10.1 Å². The molecule has 1 aromatic heterocycles. The Bertz CT molecular complexity index is 1290. The average molecular weight is 443 g/mol. The lowest BCUT2D eigenvalue weighted by molar-refractivity contribution is 0.302. The molecule has 2 heterocycles. The zero-order valence-electron chi connectivity index (χ0n) is 17.8. The first-order valence-corrected chi connectivity index (χ1v) is 11.0. The van der Waals surface area contributed by atoms with Crippen molar-refractivity contribution >= 4 is 45.8 Å². The third-order valence-corrected chi connectivity index (χ3v) is 5.91. The quantitative estimate of drug-likeness (QED) is 0.471. The molecule has 2 aromatic carbocycles. The Morgan fingerprint density at radius 2 is 2.06 bits per heavy atom. The summed E-state index contributed by atoms with van der Waals surface area (Å²) in [5, 5.41) is 5.10. The highest BCUT2D eigenvalue weighted by Gasteiger charge is 2.17. The van der Waals surface area contributed by atoms with E-state index in [1.165, 1.54) is 5.56 Å². The van der Waals surface area contributed by atoms with E-state index < -0.39 is 0 Å². The van der Waals surface area contributed by atoms with Crippen LogP contribution in [0.2, 0.25) is 5.02 Å². The summed E-state index contributed by atoms with van der Waals surface area (Å²) in [5.41, 5.74) is 4.01. The summed E-state index contributed by atoms with van der Waals surface area (Å²) in [4.78, 5) is 14.1. The Hall–Kier alpha value is -3.44. The summed E-state index contributed by atoms with van der Waals surface area (Å²) in [6.45, 7) is 0. The van der Waals surface area contributed by atoms with Gasteiger partial charge in [-0.1, -0.05) is 29.8 Å². The summed E-state index contributed by atoms with van der Waals surface area (Å²) in [5.74, 6) is 2.59. The molecule has 0 fully saturated rings. The first-order valence-electron chi connectivity index (χ1n) is 10.7. The molecule has 1 atom stereocenters. The molecule has 1 aliphatic heterocycles. The largest absolute Gasteiger partial charge is 0.497 e. The summed E-state index contributed by atoms with van der Waals surface area (Å²) in [6, 6.07) is 14.0. The monoisotopic (exact) mass is 442 g/mol. The maximum Gasteiger partial charge on any atom is 0.159 e. The number of aromatic nitrogens is 2. The molecular formula is C26H23ClN4O. The lowest BCUT2D eigenvalue weighted by atomic mass is 9.91. The molecular weight excluding hydrogens is 420 g/mol. The second kappa shape index (κ2) is 8.97. The summed E-state index contributed by atoms with van der Waals surface area (Å²) >= 11 is 6.21. The number of nitrogens with zero attached hydrogens (tertiary/aromatic N) is 3. The van der Waals surface area contributed by atoms with Crippen molar-refractivity contribution < 1.29 is 4.74 Å². The molecule has 32 heavy (non-hydrogen) atoms. The van der Waals surface area contributed by atoms with Crippen LogP contribution in [0.25, 0.3) is 16.5 Å². The maximum atomic E-state index is 6.21. The van der Waals surface area contributed by atoms with Crippen LogP contribution >= 0.6 is 11.6 Å². The van der Waals surface area contributed by atoms with Crippen LogP contribution in [-0.4, -0.2) is 23.3 Å². The molecule has 5 nitrogen and oxygen atoms in total. The Balaban J connectivity index is 1.61. The van der Waals surface area contributed by atoms with Gasteiger partial charge in [0, 0.05) is 40.0 Å². The second-order valence-electron chi connectivity index (χ2n) is 7.85. The van der Waals surface area contributed by atoms with Gasteiger partial charge in [-0.15, -0.1) is 0 Å². The van der Waals surface area contributed by atoms with E-state index in [2.05, 4.69) is 40.7 Å². The summed E-state index contributed by atoms with van der Waals surface area (Å²) < 4.78 is 5.43. The minimum absolute atomic E-state index is 0.244. The van der Waals surface area contributed by atoms with E-state index in [4.69, 9.17) is 26.3 Å². The smallest absolute Gasteiger partial charge is 0.159 e. The fourth-order valence-electron chi connectivity index (χ4n) is 4.01. The summed E-state index contributed by atoms with van der Waals surface area (Å²) in [6.07, 6.45) is 12.8. The Morgan fingerprint density at radius 1 is 1.12 bits per heavy atom. The van der Waals surface area contributed by atoms with Crippen LogP contribution in [0.5, 0.6) is 0 Å². The molecule has 3 aromatic rings. The van der Waals surface area contributed by atoms with Gasteiger partial charge in [-0.05, 0) is 67.3 Å². The number of fused-ring (bicyclic) bond motifs is 1. The van der Waals surface area contributed by atoms with Gasteiger partial charge in [-0.2, -0.15) is 0 Å². The van der Waals surface area contributed by atoms with Crippen molar-refractivity contribution in [1.82, 2.24) is 9.97 Å². The number of hydrogen-bond donors (Lipinski definition) is 1. The molecule has 5 rings (SSSR count). The first-order chi connectivity index (χ1) is 15.7. The van der Waals surface area contributed by atoms with Crippen LogP contribution in [-0.2, 0) is 4.74 Å². The van der Waals surface area contributed by atoms with Gasteiger partial charge >= 0.3 is 0 Å². The van der Waals surface area contributed by atoms with Gasteiger partial charge in [0.1, 0.15) is 11.6 Å². The number of halogens is 1. The summed E-state index contributed by atoms with van der Waals surface area (Å²) in [7, 11) is 1.70. The Labute approximate surface area is 192 Å². The van der Waals surface area contributed by atoms with E-state index in [1.54, 1.807) is 7.11 Å². The molecule has 1 unspecified atom stereocenters. The average Bonchev–Trinajstić information content (AvgIpc) is 2.84. The topological polar surface area (TPSA) is 59.4 Å². The molecule has 1 N–H and O–H groups in total. The van der Waals surface area contributed by atoms with Crippen LogP contribution in [0, 0.1) is 0 Å². The van der Waals surface area contributed by atoms with Crippen LogP contribution < -0.4 is 5.32 Å². The van der Waals surface area contributed by atoms with Crippen molar-refractivity contribution in [3.63, 3.8) is 0 Å². The highest BCUT2D eigenvalue weighted by Crippen LogP contribution is 2.33. The highest BCUT2D eigenvalue weighted by atomic mass is 35.5. The second-order valence-corrected chi connectivity index (χ2v) is 8.29. The van der Waals surface area contributed by atoms with Gasteiger partial charge in [-0.3, -0.25) is 4.99 Å². The normalized spacial score (nSPS) is 17.8. The van der Waals surface area contributed by atoms with Gasteiger partial charge in [0.05, 0.1) is 12.6 Å². The minimum Gasteiger partial charge on any atom is -0.497 e. The number of nitrogens with one attached hydrogen (secondary N) is 1. The SMILES string of the molecule is COC1=CC(c2ccc3nc(C4=CN=CCC4)nc(Nc4cccc(Cl)c4)c3c2)CC=C1. The minimum atomic E-state index is 0.244. The third kappa shape index (κ3) is 4.30. The predicted octanol–water partition coefficient (Wildman–Crippen LogP) is 6.81.